The number of thioether (sulfide) groups is 1. The monoisotopic (exact) mass is 906 g/mol. The van der Waals surface area contributed by atoms with Crippen molar-refractivity contribution in [1.29, 1.82) is 0 Å². The molecule has 14 heteroatoms. The van der Waals surface area contributed by atoms with Gasteiger partial charge in [0.05, 0.1) is 18.9 Å². The summed E-state index contributed by atoms with van der Waals surface area (Å²) in [7, 11) is 4.49. The smallest absolute Gasteiger partial charge is 0.269 e. The van der Waals surface area contributed by atoms with E-state index in [1.54, 1.807) is 37.7 Å². The highest BCUT2D eigenvalue weighted by molar-refractivity contribution is 8.00. The molecule has 0 bridgehead atoms. The van der Waals surface area contributed by atoms with E-state index in [-0.39, 0.29) is 41.6 Å². The Kier molecular flexibility index (Phi) is 28.3. The SMILES string of the molecule is C#CCC(NC)NC(=O)C1=C(C)CSC2C(NC)C(=O)N12.C=C.CC12CCC3C(CCC4C[C@H](O)CCC43C)C1CCC2CCCC=O.CCOC(C)C=O.CCOCCN.CO. The maximum Gasteiger partial charge on any atom is 0.269 e. The standard InChI is InChI=1S/C23H38O2.C14H20N4O2S.C5H10O2.C4H11NO.C2H4.CH4O/c1-22-13-11-21-19(20(22)9-7-16(22)5-3-4-14-24)8-6-17-15-18(25)10-12-23(17,21)2;1-5-6-9(15-3)17-12(19)11-8(2)7-21-14-10(16-4)13(20)18(11)14;1-3-7-5(2)4-6;1-2-6-4-3-5;2*1-2/h14,16-21,25H,3-13,15H2,1-2H3;1,9-10,14-16H,6-7H2,2-4H3,(H,17,19);4-5H,3H2,1-2H3;2-5H2,1H3;1-2H2;2H,1H3/t16?,17?,18-,19?,20?,21?,22?,23?;;;;;/m1...../s1. The first-order valence-corrected chi connectivity index (χ1v) is 24.5. The summed E-state index contributed by atoms with van der Waals surface area (Å²) in [5.41, 5.74) is 7.51. The number of unbranched alkanes of at least 4 members (excludes halogenated alkanes) is 1. The van der Waals surface area contributed by atoms with Gasteiger partial charge in [0.25, 0.3) is 5.91 Å². The van der Waals surface area contributed by atoms with Gasteiger partial charge < -0.3 is 45.6 Å². The maximum atomic E-state index is 12.5. The number of carbonyl (C=O) groups is 4. The zero-order valence-electron chi connectivity index (χ0n) is 40.4. The van der Waals surface area contributed by atoms with Gasteiger partial charge in [-0.1, -0.05) is 13.8 Å². The van der Waals surface area contributed by atoms with Crippen LogP contribution in [0.2, 0.25) is 0 Å². The van der Waals surface area contributed by atoms with Gasteiger partial charge in [0, 0.05) is 45.5 Å². The Hall–Kier alpha value is -2.61. The molecule has 0 aromatic heterocycles. The molecule has 4 aliphatic carbocycles. The Morgan fingerprint density at radius 1 is 1.06 bits per heavy atom. The second kappa shape index (κ2) is 30.6. The number of ether oxygens (including phenoxy) is 2. The van der Waals surface area contributed by atoms with E-state index in [0.29, 0.717) is 42.7 Å². The second-order valence-electron chi connectivity index (χ2n) is 17.8. The minimum Gasteiger partial charge on any atom is -0.400 e. The third kappa shape index (κ3) is 15.5. The number of aliphatic hydroxyl groups is 2. The third-order valence-corrected chi connectivity index (χ3v) is 15.9. The van der Waals surface area contributed by atoms with Crippen LogP contribution >= 0.6 is 11.8 Å². The van der Waals surface area contributed by atoms with Crippen molar-refractivity contribution in [3.63, 3.8) is 0 Å². The quantitative estimate of drug-likeness (QED) is 0.0289. The molecule has 2 amide bonds. The van der Waals surface area contributed by atoms with Gasteiger partial charge in [0.2, 0.25) is 5.91 Å². The number of carbonyl (C=O) groups excluding carboxylic acids is 4. The van der Waals surface area contributed by atoms with Gasteiger partial charge in [0.1, 0.15) is 35.8 Å². The summed E-state index contributed by atoms with van der Waals surface area (Å²) in [6.07, 6.45) is 21.9. The number of hydrogen-bond acceptors (Lipinski definition) is 12. The van der Waals surface area contributed by atoms with Crippen LogP contribution in [0.3, 0.4) is 0 Å². The van der Waals surface area contributed by atoms with Gasteiger partial charge in [-0.25, -0.2) is 0 Å². The van der Waals surface area contributed by atoms with Crippen LogP contribution in [0, 0.1) is 52.8 Å². The van der Waals surface area contributed by atoms with E-state index >= 15 is 0 Å². The number of rotatable bonds is 15. The molecular weight excluding hydrogens is 819 g/mol. The largest absolute Gasteiger partial charge is 0.400 e. The van der Waals surface area contributed by atoms with E-state index in [1.165, 1.54) is 51.4 Å². The molecule has 0 spiro atoms. The molecule has 2 heterocycles. The van der Waals surface area contributed by atoms with Gasteiger partial charge in [-0.05, 0) is 158 Å². The van der Waals surface area contributed by atoms with Crippen LogP contribution in [-0.4, -0.2) is 123 Å². The zero-order valence-corrected chi connectivity index (χ0v) is 41.2. The van der Waals surface area contributed by atoms with Crippen molar-refractivity contribution in [3.8, 4) is 12.3 Å². The molecule has 12 atom stereocenters. The first-order valence-electron chi connectivity index (χ1n) is 23.4. The lowest BCUT2D eigenvalue weighted by Gasteiger charge is -2.61. The predicted octanol–water partition coefficient (Wildman–Crippen LogP) is 5.83. The molecule has 1 saturated heterocycles. The molecule has 0 aromatic carbocycles. The Morgan fingerprint density at radius 2 is 1.73 bits per heavy atom. The van der Waals surface area contributed by atoms with E-state index in [9.17, 15) is 24.3 Å². The van der Waals surface area contributed by atoms with E-state index in [4.69, 9.17) is 26.7 Å². The van der Waals surface area contributed by atoms with Crippen molar-refractivity contribution in [2.75, 3.05) is 53.3 Å². The number of terminal acetylenes is 1. The van der Waals surface area contributed by atoms with Crippen molar-refractivity contribution >= 4 is 36.1 Å². The Balaban J connectivity index is 0.000000469. The molecule has 6 rings (SSSR count). The molecule has 5 fully saturated rings. The summed E-state index contributed by atoms with van der Waals surface area (Å²) in [5, 5.41) is 25.9. The topological polar surface area (TPSA) is 193 Å². The average molecular weight is 906 g/mol. The Morgan fingerprint density at radius 3 is 2.27 bits per heavy atom. The lowest BCUT2D eigenvalue weighted by Crippen LogP contribution is -2.69. The van der Waals surface area contributed by atoms with Crippen LogP contribution in [0.5, 0.6) is 0 Å². The highest BCUT2D eigenvalue weighted by atomic mass is 32.2. The average Bonchev–Trinajstić information content (AvgIpc) is 3.63. The van der Waals surface area contributed by atoms with Crippen molar-refractivity contribution < 1.29 is 38.9 Å². The fraction of sp³-hybridized carbons (Fsp3) is 0.796. The van der Waals surface area contributed by atoms with Crippen molar-refractivity contribution in [2.45, 2.75) is 155 Å². The number of β-lactam (4-membered cyclic amide) rings is 1. The number of nitrogens with one attached hydrogen (secondary N) is 3. The highest BCUT2D eigenvalue weighted by Gasteiger charge is 2.60. The van der Waals surface area contributed by atoms with Crippen molar-refractivity contribution in [1.82, 2.24) is 20.9 Å². The van der Waals surface area contributed by atoms with Crippen LogP contribution in [0.1, 0.15) is 125 Å². The number of nitrogens with zero attached hydrogens (tertiary/aromatic N) is 1. The summed E-state index contributed by atoms with van der Waals surface area (Å²) < 4.78 is 9.68. The third-order valence-electron chi connectivity index (χ3n) is 14.5. The zero-order chi connectivity index (χ0) is 47.8. The number of aldehydes is 2. The molecular formula is C49H87N5O8S. The first kappa shape index (κ1) is 58.4. The highest BCUT2D eigenvalue weighted by Crippen LogP contribution is 2.68. The number of fused-ring (bicyclic) bond motifs is 6. The summed E-state index contributed by atoms with van der Waals surface area (Å²) in [4.78, 5) is 46.7. The van der Waals surface area contributed by atoms with E-state index < -0.39 is 0 Å². The van der Waals surface area contributed by atoms with Crippen LogP contribution in [0.15, 0.2) is 24.4 Å². The molecule has 11 unspecified atom stereocenters. The molecule has 362 valence electrons. The van der Waals surface area contributed by atoms with Crippen molar-refractivity contribution in [2.24, 2.45) is 46.2 Å². The maximum absolute atomic E-state index is 12.5. The first-order chi connectivity index (χ1) is 30.3. The minimum atomic E-state index is -0.299. The fourth-order valence-electron chi connectivity index (χ4n) is 11.3. The molecule has 63 heavy (non-hydrogen) atoms. The summed E-state index contributed by atoms with van der Waals surface area (Å²) in [5.74, 6) is 7.34. The minimum absolute atomic E-state index is 0.00683. The van der Waals surface area contributed by atoms with Crippen molar-refractivity contribution in [3.05, 3.63) is 24.4 Å². The van der Waals surface area contributed by atoms with Gasteiger partial charge in [-0.2, -0.15) is 0 Å². The normalized spacial score (nSPS) is 31.8. The summed E-state index contributed by atoms with van der Waals surface area (Å²) in [6, 6.07) is -0.211. The van der Waals surface area contributed by atoms with Crippen LogP contribution in [0.25, 0.3) is 0 Å². The molecule has 7 N–H and O–H groups in total. The van der Waals surface area contributed by atoms with Crippen LogP contribution in [0.4, 0.5) is 0 Å². The van der Waals surface area contributed by atoms with Gasteiger partial charge in [0.15, 0.2) is 0 Å². The lowest BCUT2D eigenvalue weighted by molar-refractivity contribution is -0.145. The lowest BCUT2D eigenvalue weighted by atomic mass is 9.44. The molecule has 0 radical (unpaired) electrons. The summed E-state index contributed by atoms with van der Waals surface area (Å²) >= 11 is 1.67. The van der Waals surface area contributed by atoms with Gasteiger partial charge in [-0.3, -0.25) is 19.8 Å². The van der Waals surface area contributed by atoms with E-state index in [2.05, 4.69) is 48.9 Å². The molecule has 4 saturated carbocycles. The predicted molar refractivity (Wildman–Crippen MR) is 256 cm³/mol. The molecule has 6 aliphatic rings. The van der Waals surface area contributed by atoms with Crippen LogP contribution in [-0.2, 0) is 28.7 Å². The number of hydrogen-bond donors (Lipinski definition) is 6. The molecule has 13 nitrogen and oxygen atoms in total. The Labute approximate surface area is 385 Å². The Bertz CT molecular complexity index is 1440. The number of nitrogens with two attached hydrogens (primary N) is 1. The summed E-state index contributed by atoms with van der Waals surface area (Å²) in [6.45, 7) is 21.3. The van der Waals surface area contributed by atoms with Crippen LogP contribution < -0.4 is 21.7 Å². The number of likely N-dealkylation sites (N-methyl/N-ethyl adjacent to an activating group) is 1. The van der Waals surface area contributed by atoms with E-state index in [0.717, 1.165) is 92.9 Å². The van der Waals surface area contributed by atoms with Gasteiger partial charge >= 0.3 is 0 Å². The van der Waals surface area contributed by atoms with Gasteiger partial charge in [-0.15, -0.1) is 37.3 Å². The molecule has 2 aliphatic heterocycles. The fourth-order valence-corrected chi connectivity index (χ4v) is 12.7. The van der Waals surface area contributed by atoms with E-state index in [1.807, 2.05) is 20.8 Å². The number of amides is 2. The number of aliphatic hydroxyl groups excluding tert-OH is 2. The molecule has 0 aromatic rings. The second-order valence-corrected chi connectivity index (χ2v) is 18.9.